The summed E-state index contributed by atoms with van der Waals surface area (Å²) in [6.07, 6.45) is 20.2. The third kappa shape index (κ3) is 5.47. The molecule has 0 aromatic carbocycles. The van der Waals surface area contributed by atoms with Gasteiger partial charge in [0.25, 0.3) is 0 Å². The summed E-state index contributed by atoms with van der Waals surface area (Å²) in [6, 6.07) is 0.292. The molecule has 8 saturated carbocycles. The fourth-order valence-electron chi connectivity index (χ4n) is 10.8. The van der Waals surface area contributed by atoms with Gasteiger partial charge >= 0.3 is 0 Å². The van der Waals surface area contributed by atoms with Gasteiger partial charge in [-0.05, 0) is 126 Å². The van der Waals surface area contributed by atoms with Gasteiger partial charge in [-0.2, -0.15) is 0 Å². The molecule has 6 atom stereocenters. The summed E-state index contributed by atoms with van der Waals surface area (Å²) in [5.74, 6) is 4.33. The van der Waals surface area contributed by atoms with Gasteiger partial charge in [-0.25, -0.2) is 6.57 Å². The van der Waals surface area contributed by atoms with Crippen molar-refractivity contribution in [2.75, 3.05) is 13.2 Å². The average molecular weight is 542 g/mol. The number of ether oxygens (including phenoxy) is 4. The highest BCUT2D eigenvalue weighted by Gasteiger charge is 2.60. The van der Waals surface area contributed by atoms with Crippen LogP contribution in [0.25, 0.3) is 4.85 Å². The van der Waals surface area contributed by atoms with Crippen molar-refractivity contribution in [2.24, 2.45) is 41.4 Å². The van der Waals surface area contributed by atoms with E-state index in [4.69, 9.17) is 25.5 Å². The number of aldehydes is 1. The predicted molar refractivity (Wildman–Crippen MR) is 149 cm³/mol. The topological polar surface area (TPSA) is 58.4 Å². The van der Waals surface area contributed by atoms with E-state index in [1.165, 1.54) is 70.5 Å². The molecule has 6 heteroatoms. The lowest BCUT2D eigenvalue weighted by molar-refractivity contribution is -0.270. The van der Waals surface area contributed by atoms with E-state index < -0.39 is 0 Å². The maximum absolute atomic E-state index is 11.3. The molecule has 0 N–H and O–H groups in total. The molecule has 6 unspecified atom stereocenters. The van der Waals surface area contributed by atoms with Crippen molar-refractivity contribution in [3.05, 3.63) is 11.4 Å². The Hall–Kier alpha value is -1.00. The lowest BCUT2D eigenvalue weighted by Gasteiger charge is -2.59. The van der Waals surface area contributed by atoms with Crippen LogP contribution in [0.4, 0.5) is 0 Å². The molecular weight excluding hydrogens is 490 g/mol. The number of carbonyl (C=O) groups is 1. The summed E-state index contributed by atoms with van der Waals surface area (Å²) in [6.45, 7) is 9.17. The van der Waals surface area contributed by atoms with Gasteiger partial charge in [-0.1, -0.05) is 7.43 Å². The number of hydrogen-bond donors (Lipinski definition) is 0. The van der Waals surface area contributed by atoms with Crippen LogP contribution in [-0.2, 0) is 23.7 Å². The molecule has 8 aliphatic carbocycles. The Bertz CT molecular complexity index is 872. The van der Waals surface area contributed by atoms with E-state index in [0.717, 1.165) is 63.6 Å². The van der Waals surface area contributed by atoms with Crippen LogP contribution in [-0.4, -0.2) is 49.3 Å². The van der Waals surface area contributed by atoms with E-state index in [0.29, 0.717) is 35.6 Å². The molecule has 218 valence electrons. The van der Waals surface area contributed by atoms with E-state index in [1.807, 2.05) is 0 Å². The first-order valence-electron chi connectivity index (χ1n) is 16.0. The maximum atomic E-state index is 11.3. The standard InChI is InChI=1S/C16H23NO2.C16H24O3.CH4/c1-17-15-12-6-11-7-13(15)10-16(8-11,9-12)19-14-4-2-3-5-18-14;17-10-14-12-5-11-6-13(14)9-16(7-11,8-12)19-15-3-1-2-4-18-15;/h11-15H,2-10H2;10-15H,1-9H2;1H4. The first kappa shape index (κ1) is 28.1. The average Bonchev–Trinajstić information content (AvgIpc) is 2.89. The molecule has 2 aliphatic heterocycles. The van der Waals surface area contributed by atoms with E-state index in [2.05, 4.69) is 4.85 Å². The molecule has 10 aliphatic rings. The summed E-state index contributed by atoms with van der Waals surface area (Å²) >= 11 is 0. The van der Waals surface area contributed by atoms with Crippen LogP contribution in [0, 0.1) is 48.0 Å². The number of hydrogen-bond acceptors (Lipinski definition) is 5. The molecule has 0 spiro atoms. The largest absolute Gasteiger partial charge is 0.353 e. The second-order valence-corrected chi connectivity index (χ2v) is 14.5. The van der Waals surface area contributed by atoms with Crippen molar-refractivity contribution in [1.82, 2.24) is 0 Å². The third-order valence-corrected chi connectivity index (χ3v) is 11.8. The maximum Gasteiger partial charge on any atom is 0.229 e. The number of rotatable bonds is 5. The van der Waals surface area contributed by atoms with Crippen molar-refractivity contribution in [2.45, 2.75) is 140 Å². The van der Waals surface area contributed by atoms with E-state index in [1.54, 1.807) is 0 Å². The minimum absolute atomic E-state index is 0. The summed E-state index contributed by atoms with van der Waals surface area (Å²) in [5, 5.41) is 0. The first-order valence-corrected chi connectivity index (χ1v) is 16.0. The molecule has 6 nitrogen and oxygen atoms in total. The smallest absolute Gasteiger partial charge is 0.229 e. The molecule has 0 aromatic heterocycles. The van der Waals surface area contributed by atoms with Crippen LogP contribution in [0.1, 0.15) is 110 Å². The van der Waals surface area contributed by atoms with E-state index >= 15 is 0 Å². The van der Waals surface area contributed by atoms with Gasteiger partial charge in [0.15, 0.2) is 12.6 Å². The summed E-state index contributed by atoms with van der Waals surface area (Å²) in [4.78, 5) is 15.3. The molecule has 10 fully saturated rings. The molecule has 2 heterocycles. The van der Waals surface area contributed by atoms with Crippen molar-refractivity contribution in [1.29, 1.82) is 0 Å². The summed E-state index contributed by atoms with van der Waals surface area (Å²) < 4.78 is 24.5. The van der Waals surface area contributed by atoms with Crippen LogP contribution in [0.5, 0.6) is 0 Å². The Morgan fingerprint density at radius 2 is 1.15 bits per heavy atom. The quantitative estimate of drug-likeness (QED) is 0.278. The van der Waals surface area contributed by atoms with Crippen LogP contribution < -0.4 is 0 Å². The molecule has 8 bridgehead atoms. The van der Waals surface area contributed by atoms with Gasteiger partial charge < -0.3 is 28.6 Å². The highest BCUT2D eigenvalue weighted by Crippen LogP contribution is 2.60. The van der Waals surface area contributed by atoms with Crippen molar-refractivity contribution in [3.63, 3.8) is 0 Å². The van der Waals surface area contributed by atoms with E-state index in [9.17, 15) is 4.79 Å². The molecule has 39 heavy (non-hydrogen) atoms. The minimum Gasteiger partial charge on any atom is -0.353 e. The molecule has 0 aromatic rings. The van der Waals surface area contributed by atoms with Crippen molar-refractivity contribution >= 4 is 6.29 Å². The van der Waals surface area contributed by atoms with Crippen LogP contribution in [0.15, 0.2) is 0 Å². The summed E-state index contributed by atoms with van der Waals surface area (Å²) in [7, 11) is 0. The fourth-order valence-corrected chi connectivity index (χ4v) is 10.8. The highest BCUT2D eigenvalue weighted by atomic mass is 16.7. The Kier molecular flexibility index (Phi) is 8.19. The zero-order chi connectivity index (χ0) is 25.7. The molecule has 2 saturated heterocycles. The number of carbonyl (C=O) groups excluding carboxylic acids is 1. The highest BCUT2D eigenvalue weighted by molar-refractivity contribution is 5.55. The molecule has 0 amide bonds. The molecule has 10 rings (SSSR count). The Balaban J connectivity index is 0.000000138. The van der Waals surface area contributed by atoms with Crippen LogP contribution >= 0.6 is 0 Å². The normalized spacial score (nSPS) is 50.8. The van der Waals surface area contributed by atoms with Gasteiger partial charge in [-0.15, -0.1) is 0 Å². The first-order chi connectivity index (χ1) is 18.6. The minimum atomic E-state index is 0. The Labute approximate surface area is 236 Å². The predicted octanol–water partition coefficient (Wildman–Crippen LogP) is 6.96. The van der Waals surface area contributed by atoms with Gasteiger partial charge in [0.1, 0.15) is 6.29 Å². The van der Waals surface area contributed by atoms with Crippen molar-refractivity contribution in [3.8, 4) is 0 Å². The van der Waals surface area contributed by atoms with E-state index in [-0.39, 0.29) is 31.2 Å². The third-order valence-electron chi connectivity index (χ3n) is 11.8. The number of nitrogens with zero attached hydrogens (tertiary/aromatic N) is 1. The Morgan fingerprint density at radius 1 is 0.692 bits per heavy atom. The zero-order valence-electron chi connectivity index (χ0n) is 23.1. The molecular formula is C33H51NO5. The lowest BCUT2D eigenvalue weighted by Crippen LogP contribution is -2.58. The molecule has 0 radical (unpaired) electrons. The van der Waals surface area contributed by atoms with Gasteiger partial charge in [0, 0.05) is 31.0 Å². The van der Waals surface area contributed by atoms with Gasteiger partial charge in [0.2, 0.25) is 6.04 Å². The van der Waals surface area contributed by atoms with Crippen LogP contribution in [0.3, 0.4) is 0 Å². The second kappa shape index (κ2) is 11.3. The summed E-state index contributed by atoms with van der Waals surface area (Å²) in [5.41, 5.74) is 0.123. The van der Waals surface area contributed by atoms with Gasteiger partial charge in [0.05, 0.1) is 11.2 Å². The second-order valence-electron chi connectivity index (χ2n) is 14.5. The van der Waals surface area contributed by atoms with Gasteiger partial charge in [-0.3, -0.25) is 0 Å². The SMILES string of the molecule is C.O=CC1C2CC3CC1CC(OC1CCCCO1)(C3)C2.[C-]#[N+]C1C2CC3CC1CC(OC1CCCCO1)(C3)C2. The van der Waals surface area contributed by atoms with Crippen LogP contribution in [0.2, 0.25) is 0 Å². The van der Waals surface area contributed by atoms with Crippen molar-refractivity contribution < 1.29 is 23.7 Å². The Morgan fingerprint density at radius 3 is 1.56 bits per heavy atom. The monoisotopic (exact) mass is 541 g/mol. The fraction of sp³-hybridized carbons (Fsp3) is 0.939. The lowest BCUT2D eigenvalue weighted by atomic mass is 9.50. The zero-order valence-corrected chi connectivity index (χ0v) is 23.1.